The zero-order valence-electron chi connectivity index (χ0n) is 26.9. The second kappa shape index (κ2) is 11.2. The summed E-state index contributed by atoms with van der Waals surface area (Å²) in [5.41, 5.74) is 8.01. The molecule has 224 valence electrons. The number of para-hydroxylation sites is 1. The van der Waals surface area contributed by atoms with Crippen molar-refractivity contribution in [1.29, 1.82) is 0 Å². The summed E-state index contributed by atoms with van der Waals surface area (Å²) < 4.78 is 6.89. The lowest BCUT2D eigenvalue weighted by atomic mass is 9.86. The van der Waals surface area contributed by atoms with E-state index in [-0.39, 0.29) is 0 Å². The van der Waals surface area contributed by atoms with Crippen LogP contribution in [0.2, 0.25) is 11.1 Å². The third-order valence-electron chi connectivity index (χ3n) is 10.3. The highest BCUT2D eigenvalue weighted by atomic mass is 28.3. The van der Waals surface area contributed by atoms with Crippen LogP contribution in [0.4, 0.5) is 0 Å². The summed E-state index contributed by atoms with van der Waals surface area (Å²) in [6.45, 7) is 9.72. The Bertz CT molecular complexity index is 2300. The fraction of sp³-hybridized carbons (Fsp3) is 0.136. The minimum atomic E-state index is -2.39. The Labute approximate surface area is 272 Å². The van der Waals surface area contributed by atoms with Crippen LogP contribution in [0.15, 0.2) is 150 Å². The van der Waals surface area contributed by atoms with Gasteiger partial charge in [0, 0.05) is 10.8 Å². The van der Waals surface area contributed by atoms with Crippen LogP contribution >= 0.6 is 0 Å². The van der Waals surface area contributed by atoms with Crippen molar-refractivity contribution in [2.24, 2.45) is 0 Å². The fourth-order valence-corrected chi connectivity index (χ4v) is 14.4. The average Bonchev–Trinajstić information content (AvgIpc) is 3.47. The highest BCUT2D eigenvalue weighted by molar-refractivity contribution is 7.05. The second-order valence-electron chi connectivity index (χ2n) is 13.3. The largest absolute Gasteiger partial charge is 0.456 e. The third kappa shape index (κ3) is 4.20. The lowest BCUT2D eigenvalue weighted by molar-refractivity contribution is 0.670. The fourth-order valence-electron chi connectivity index (χ4n) is 8.46. The Hall–Kier alpha value is -4.92. The topological polar surface area (TPSA) is 13.1 Å². The molecule has 0 atom stereocenters. The summed E-state index contributed by atoms with van der Waals surface area (Å²) in [6.07, 6.45) is 0. The van der Waals surface area contributed by atoms with Crippen molar-refractivity contribution in [3.05, 3.63) is 146 Å². The summed E-state index contributed by atoms with van der Waals surface area (Å²) >= 11 is 0. The van der Waals surface area contributed by atoms with Crippen LogP contribution in [0.25, 0.3) is 65.7 Å². The van der Waals surface area contributed by atoms with Crippen molar-refractivity contribution in [2.75, 3.05) is 0 Å². The van der Waals surface area contributed by atoms with Crippen LogP contribution < -0.4 is 10.4 Å². The molecule has 8 aromatic rings. The van der Waals surface area contributed by atoms with Gasteiger partial charge in [-0.25, -0.2) is 0 Å². The first-order valence-corrected chi connectivity index (χ1v) is 18.7. The lowest BCUT2D eigenvalue weighted by Crippen LogP contribution is -2.62. The maximum absolute atomic E-state index is 6.89. The van der Waals surface area contributed by atoms with E-state index in [1.54, 1.807) is 0 Å². The molecule has 8 rings (SSSR count). The maximum Gasteiger partial charge on any atom is 0.135 e. The van der Waals surface area contributed by atoms with E-state index in [2.05, 4.69) is 173 Å². The van der Waals surface area contributed by atoms with Crippen molar-refractivity contribution in [3.63, 3.8) is 0 Å². The van der Waals surface area contributed by atoms with Crippen LogP contribution in [-0.4, -0.2) is 8.07 Å². The van der Waals surface area contributed by atoms with Crippen molar-refractivity contribution in [1.82, 2.24) is 0 Å². The quantitative estimate of drug-likeness (QED) is 0.135. The van der Waals surface area contributed by atoms with Gasteiger partial charge in [-0.05, 0) is 72.2 Å². The average molecular weight is 611 g/mol. The zero-order valence-corrected chi connectivity index (χ0v) is 27.9. The van der Waals surface area contributed by atoms with E-state index in [0.29, 0.717) is 11.1 Å². The molecule has 0 radical (unpaired) electrons. The summed E-state index contributed by atoms with van der Waals surface area (Å²) in [7, 11) is -2.39. The normalized spacial score (nSPS) is 12.3. The van der Waals surface area contributed by atoms with E-state index >= 15 is 0 Å². The Balaban J connectivity index is 1.57. The molecule has 0 aliphatic rings. The molecular formula is C44H38OSi. The van der Waals surface area contributed by atoms with Gasteiger partial charge in [-0.15, -0.1) is 0 Å². The van der Waals surface area contributed by atoms with Crippen LogP contribution in [0.5, 0.6) is 0 Å². The van der Waals surface area contributed by atoms with Gasteiger partial charge in [-0.1, -0.05) is 166 Å². The van der Waals surface area contributed by atoms with Gasteiger partial charge in [0.25, 0.3) is 0 Å². The summed E-state index contributed by atoms with van der Waals surface area (Å²) in [5, 5.41) is 10.4. The van der Waals surface area contributed by atoms with Crippen molar-refractivity contribution < 1.29 is 4.42 Å². The van der Waals surface area contributed by atoms with E-state index in [1.165, 1.54) is 64.9 Å². The summed E-state index contributed by atoms with van der Waals surface area (Å²) in [6, 6.07) is 53.6. The van der Waals surface area contributed by atoms with Crippen molar-refractivity contribution in [2.45, 2.75) is 38.8 Å². The Morgan fingerprint density at radius 2 is 0.891 bits per heavy atom. The molecule has 1 heterocycles. The van der Waals surface area contributed by atoms with Crippen molar-refractivity contribution >= 4 is 61.9 Å². The molecule has 0 bridgehead atoms. The van der Waals surface area contributed by atoms with Gasteiger partial charge in [0.15, 0.2) is 0 Å². The number of rotatable bonds is 6. The number of furan rings is 1. The molecule has 0 saturated heterocycles. The predicted molar refractivity (Wildman–Crippen MR) is 201 cm³/mol. The Morgan fingerprint density at radius 1 is 0.435 bits per heavy atom. The Kier molecular flexibility index (Phi) is 6.92. The summed E-state index contributed by atoms with van der Waals surface area (Å²) in [5.74, 6) is 0. The predicted octanol–water partition coefficient (Wildman–Crippen LogP) is 11.6. The Morgan fingerprint density at radius 3 is 1.43 bits per heavy atom. The molecule has 1 nitrogen and oxygen atoms in total. The first-order chi connectivity index (χ1) is 22.5. The van der Waals surface area contributed by atoms with E-state index in [0.717, 1.165) is 11.2 Å². The first kappa shape index (κ1) is 28.5. The van der Waals surface area contributed by atoms with Crippen LogP contribution in [0.1, 0.15) is 27.7 Å². The minimum absolute atomic E-state index is 0.454. The lowest BCUT2D eigenvalue weighted by Gasteiger charge is -2.40. The van der Waals surface area contributed by atoms with Gasteiger partial charge in [-0.3, -0.25) is 0 Å². The third-order valence-corrected chi connectivity index (χ3v) is 16.5. The molecule has 0 N–H and O–H groups in total. The molecule has 7 aromatic carbocycles. The smallest absolute Gasteiger partial charge is 0.135 e. The van der Waals surface area contributed by atoms with Gasteiger partial charge < -0.3 is 4.42 Å². The molecular weight excluding hydrogens is 573 g/mol. The molecule has 0 spiro atoms. The standard InChI is InChI=1S/C44H38OSi/c1-29(2)46(30(3)4,33-19-9-6-10-20-33)41-28-32(27-39-34-21-15-16-26-40(34)45-44(39)41)43-37-24-13-11-22-35(37)42(31-17-7-5-8-18-31)36-23-12-14-25-38(36)43/h5-30H,1-4H3. The monoisotopic (exact) mass is 610 g/mol. The molecule has 0 aliphatic carbocycles. The van der Waals surface area contributed by atoms with Crippen molar-refractivity contribution in [3.8, 4) is 22.3 Å². The SMILES string of the molecule is CC(C)[Si](c1ccccc1)(c1cc(-c2c3ccccc3c(-c3ccccc3)c3ccccc23)cc2c1oc1ccccc12)C(C)C. The van der Waals surface area contributed by atoms with Crippen LogP contribution in [0, 0.1) is 0 Å². The van der Waals surface area contributed by atoms with Gasteiger partial charge in [0.05, 0.1) is 0 Å². The second-order valence-corrected chi connectivity index (χ2v) is 18.4. The molecule has 1 aromatic heterocycles. The van der Waals surface area contributed by atoms with Gasteiger partial charge in [0.1, 0.15) is 19.2 Å². The number of hydrogen-bond donors (Lipinski definition) is 0. The highest BCUT2D eigenvalue weighted by Gasteiger charge is 2.45. The van der Waals surface area contributed by atoms with Crippen LogP contribution in [-0.2, 0) is 0 Å². The van der Waals surface area contributed by atoms with Gasteiger partial charge >= 0.3 is 0 Å². The molecule has 46 heavy (non-hydrogen) atoms. The van der Waals surface area contributed by atoms with E-state index in [4.69, 9.17) is 4.42 Å². The van der Waals surface area contributed by atoms with E-state index in [9.17, 15) is 0 Å². The minimum Gasteiger partial charge on any atom is -0.456 e. The highest BCUT2D eigenvalue weighted by Crippen LogP contribution is 2.45. The van der Waals surface area contributed by atoms with E-state index in [1.807, 2.05) is 0 Å². The maximum atomic E-state index is 6.89. The number of hydrogen-bond acceptors (Lipinski definition) is 1. The van der Waals surface area contributed by atoms with Gasteiger partial charge in [-0.2, -0.15) is 0 Å². The molecule has 0 aliphatic heterocycles. The molecule has 2 heteroatoms. The van der Waals surface area contributed by atoms with Crippen LogP contribution in [0.3, 0.4) is 0 Å². The van der Waals surface area contributed by atoms with E-state index < -0.39 is 8.07 Å². The zero-order chi connectivity index (χ0) is 31.4. The molecule has 0 amide bonds. The molecule has 0 saturated carbocycles. The summed E-state index contributed by atoms with van der Waals surface area (Å²) in [4.78, 5) is 0. The van der Waals surface area contributed by atoms with Gasteiger partial charge in [0.2, 0.25) is 0 Å². The first-order valence-electron chi connectivity index (χ1n) is 16.5. The number of fused-ring (bicyclic) bond motifs is 5. The molecule has 0 unspecified atom stereocenters. The molecule has 0 fully saturated rings. The number of benzene rings is 7.